The molecule has 0 heterocycles. The fraction of sp³-hybridized carbons (Fsp3) is 0.375. The normalized spacial score (nSPS) is 13.9. The van der Waals surface area contributed by atoms with Crippen molar-refractivity contribution < 1.29 is 57.7 Å². The molecule has 1 aromatic carbocycles. The number of allylic oxidation sites excluding steroid dienone is 4. The van der Waals surface area contributed by atoms with Crippen LogP contribution in [0.4, 0.5) is 0 Å². The van der Waals surface area contributed by atoms with Crippen LogP contribution in [0.1, 0.15) is 17.5 Å². The zero-order chi connectivity index (χ0) is 13.3. The number of rotatable bonds is 3. The minimum absolute atomic E-state index is 0. The summed E-state index contributed by atoms with van der Waals surface area (Å²) < 4.78 is 1.58. The number of benzene rings is 1. The van der Waals surface area contributed by atoms with Crippen LogP contribution in [-0.4, -0.2) is 8.07 Å². The molecule has 1 aliphatic carbocycles. The number of aryl methyl sites for hydroxylation is 1. The van der Waals surface area contributed by atoms with E-state index >= 15 is 0 Å². The van der Waals surface area contributed by atoms with Gasteiger partial charge in [0.15, 0.2) is 0 Å². The van der Waals surface area contributed by atoms with E-state index in [0.29, 0.717) is 0 Å². The maximum absolute atomic E-state index is 2.48. The number of halogens is 3. The third-order valence-electron chi connectivity index (χ3n) is 3.65. The van der Waals surface area contributed by atoms with E-state index in [-0.39, 0.29) is 37.2 Å². The van der Waals surface area contributed by atoms with Crippen LogP contribution in [0, 0.1) is 6.92 Å². The second-order valence-electron chi connectivity index (χ2n) is 6.15. The Kier molecular flexibility index (Phi) is 10.9. The molecule has 0 radical (unpaired) electrons. The zero-order valence-electron chi connectivity index (χ0n) is 12.9. The van der Waals surface area contributed by atoms with Crippen molar-refractivity contribution in [2.24, 2.45) is 0 Å². The van der Waals surface area contributed by atoms with Gasteiger partial charge in [-0.15, -0.1) is 0 Å². The van der Waals surface area contributed by atoms with Crippen LogP contribution in [0.5, 0.6) is 0 Å². The molecule has 0 bridgehead atoms. The summed E-state index contributed by atoms with van der Waals surface area (Å²) in [6.45, 7) is 9.55. The molecule has 0 amide bonds. The summed E-state index contributed by atoms with van der Waals surface area (Å²) >= 11 is 2.32. The van der Waals surface area contributed by atoms with Crippen molar-refractivity contribution >= 4 is 8.07 Å². The van der Waals surface area contributed by atoms with Crippen LogP contribution < -0.4 is 37.2 Å². The minimum Gasteiger partial charge on any atom is -1.00 e. The van der Waals surface area contributed by atoms with Gasteiger partial charge in [-0.25, -0.2) is 0 Å². The molecule has 0 spiro atoms. The molecule has 1 aromatic rings. The van der Waals surface area contributed by atoms with Gasteiger partial charge in [0.2, 0.25) is 0 Å². The van der Waals surface area contributed by atoms with Gasteiger partial charge < -0.3 is 37.2 Å². The van der Waals surface area contributed by atoms with Crippen molar-refractivity contribution in [3.05, 3.63) is 56.1 Å². The molecule has 0 nitrogen and oxygen atoms in total. The van der Waals surface area contributed by atoms with Gasteiger partial charge in [-0.2, -0.15) is 0 Å². The van der Waals surface area contributed by atoms with Crippen molar-refractivity contribution in [3.8, 4) is 0 Å². The quantitative estimate of drug-likeness (QED) is 0.453. The van der Waals surface area contributed by atoms with Gasteiger partial charge in [-0.05, 0) is 0 Å². The standard InChI is InChI=1S/C16H21Si.3ClH.Ti/c1-13-7-5-6-8-15(13)11-14-9-10-16(12-14)17(2,3)4;;;;/h5-8,10H,9,11H2,1-4H3;3*1H;/q;;;;+3/p-3. The molecule has 0 saturated carbocycles. The Hall–Kier alpha value is 0.501. The van der Waals surface area contributed by atoms with Crippen LogP contribution in [-0.2, 0) is 26.9 Å². The van der Waals surface area contributed by atoms with Gasteiger partial charge >= 0.3 is 124 Å². The average Bonchev–Trinajstić information content (AvgIpc) is 2.63. The topological polar surface area (TPSA) is 0 Å². The summed E-state index contributed by atoms with van der Waals surface area (Å²) in [6.07, 6.45) is 4.78. The van der Waals surface area contributed by atoms with E-state index in [1.807, 2.05) is 0 Å². The largest absolute Gasteiger partial charge is 1.00 e. The molecule has 1 aliphatic rings. The summed E-state index contributed by atoms with van der Waals surface area (Å²) in [4.78, 5) is 0. The smallest absolute Gasteiger partial charge is 1.00 e. The fourth-order valence-corrected chi connectivity index (χ4v) is 6.35. The third-order valence-corrected chi connectivity index (χ3v) is 7.08. The Balaban J connectivity index is 0. The molecule has 0 N–H and O–H groups in total. The molecule has 0 aromatic heterocycles. The summed E-state index contributed by atoms with van der Waals surface area (Å²) in [5.41, 5.74) is 4.53. The summed E-state index contributed by atoms with van der Waals surface area (Å²) in [7, 11) is -1.16. The molecule has 0 saturated heterocycles. The average molecular weight is 396 g/mol. The zero-order valence-corrected chi connectivity index (χ0v) is 17.8. The van der Waals surface area contributed by atoms with Crippen LogP contribution in [0.3, 0.4) is 0 Å². The van der Waals surface area contributed by atoms with E-state index in [2.05, 4.69) is 77.3 Å². The summed E-state index contributed by atoms with van der Waals surface area (Å²) in [6, 6.07) is 8.76. The first-order valence-electron chi connectivity index (χ1n) is 6.58. The fourth-order valence-electron chi connectivity index (χ4n) is 2.50. The summed E-state index contributed by atoms with van der Waals surface area (Å²) in [5, 5.41) is 1.67. The predicted molar refractivity (Wildman–Crippen MR) is 78.0 cm³/mol. The van der Waals surface area contributed by atoms with Crippen molar-refractivity contribution in [2.75, 3.05) is 0 Å². The Morgan fingerprint density at radius 2 is 1.62 bits per heavy atom. The first kappa shape index (κ1) is 23.8. The monoisotopic (exact) mass is 394 g/mol. The van der Waals surface area contributed by atoms with E-state index < -0.39 is 8.07 Å². The van der Waals surface area contributed by atoms with Crippen LogP contribution in [0.15, 0.2) is 45.0 Å². The molecule has 5 heteroatoms. The number of hydrogen-bond acceptors (Lipinski definition) is 0. The van der Waals surface area contributed by atoms with E-state index in [1.54, 1.807) is 14.6 Å². The van der Waals surface area contributed by atoms with Crippen molar-refractivity contribution in [1.82, 2.24) is 0 Å². The van der Waals surface area contributed by atoms with Gasteiger partial charge in [0, 0.05) is 0 Å². The molecule has 0 atom stereocenters. The predicted octanol–water partition coefficient (Wildman–Crippen LogP) is -4.44. The molecule has 2 rings (SSSR count). The Morgan fingerprint density at radius 3 is 2.10 bits per heavy atom. The Morgan fingerprint density at radius 1 is 1.05 bits per heavy atom. The van der Waals surface area contributed by atoms with Crippen molar-refractivity contribution in [3.63, 3.8) is 0 Å². The molecule has 0 unspecified atom stereocenters. The van der Waals surface area contributed by atoms with Gasteiger partial charge in [0.1, 0.15) is 0 Å². The molecule has 21 heavy (non-hydrogen) atoms. The van der Waals surface area contributed by atoms with Crippen LogP contribution in [0.25, 0.3) is 0 Å². The first-order valence-corrected chi connectivity index (χ1v) is 10.9. The van der Waals surface area contributed by atoms with E-state index in [4.69, 9.17) is 0 Å². The van der Waals surface area contributed by atoms with E-state index in [9.17, 15) is 0 Å². The Bertz CT molecular complexity index is 531. The van der Waals surface area contributed by atoms with Crippen molar-refractivity contribution in [2.45, 2.75) is 39.4 Å². The van der Waals surface area contributed by atoms with Gasteiger partial charge in [-0.1, -0.05) is 0 Å². The first-order chi connectivity index (χ1) is 8.39. The molecular weight excluding hydrogens is 374 g/mol. The van der Waals surface area contributed by atoms with E-state index in [0.717, 1.165) is 6.42 Å². The van der Waals surface area contributed by atoms with Gasteiger partial charge in [0.25, 0.3) is 0 Å². The minimum atomic E-state index is -1.16. The van der Waals surface area contributed by atoms with Gasteiger partial charge in [-0.3, -0.25) is 0 Å². The SMILES string of the molecule is Cc1ccccc1CC1=[C]([Ti+3])C([Si](C)(C)C)=CC1.[Cl-].[Cl-].[Cl-]. The third kappa shape index (κ3) is 5.90. The maximum Gasteiger partial charge on any atom is -1.00 e. The molecule has 0 aliphatic heterocycles. The van der Waals surface area contributed by atoms with E-state index in [1.165, 1.54) is 17.5 Å². The van der Waals surface area contributed by atoms with Crippen LogP contribution in [0.2, 0.25) is 19.6 Å². The molecule has 114 valence electrons. The maximum atomic E-state index is 2.48. The Labute approximate surface area is 160 Å². The molecule has 0 fully saturated rings. The van der Waals surface area contributed by atoms with Gasteiger partial charge in [0.05, 0.1) is 0 Å². The number of hydrogen-bond donors (Lipinski definition) is 0. The van der Waals surface area contributed by atoms with Crippen molar-refractivity contribution in [1.29, 1.82) is 0 Å². The summed E-state index contributed by atoms with van der Waals surface area (Å²) in [5.74, 6) is 0. The molecular formula is C16H21Cl3SiTi. The second kappa shape index (κ2) is 9.60. The van der Waals surface area contributed by atoms with Crippen LogP contribution >= 0.6 is 0 Å². The second-order valence-corrected chi connectivity index (χ2v) is 12.0.